The third-order valence-electron chi connectivity index (χ3n) is 6.48. The fraction of sp³-hybridized carbons (Fsp3) is 0.190. The van der Waals surface area contributed by atoms with Crippen molar-refractivity contribution in [2.45, 2.75) is 24.9 Å². The first kappa shape index (κ1) is 11.1. The van der Waals surface area contributed by atoms with E-state index in [1.165, 1.54) is 38.9 Å². The van der Waals surface area contributed by atoms with E-state index in [9.17, 15) is 9.90 Å². The Kier molecular flexibility index (Phi) is 1.44. The summed E-state index contributed by atoms with van der Waals surface area (Å²) in [7, 11) is 0. The van der Waals surface area contributed by atoms with E-state index in [4.69, 9.17) is 0 Å². The first-order chi connectivity index (χ1) is 11.2. The van der Waals surface area contributed by atoms with Crippen molar-refractivity contribution < 1.29 is 9.90 Å². The highest BCUT2D eigenvalue weighted by atomic mass is 16.3. The van der Waals surface area contributed by atoms with Gasteiger partial charge >= 0.3 is 0 Å². The van der Waals surface area contributed by atoms with Crippen LogP contribution in [0.5, 0.6) is 0 Å². The first-order valence-electron chi connectivity index (χ1n) is 8.20. The van der Waals surface area contributed by atoms with Crippen molar-refractivity contribution in [3.8, 4) is 11.1 Å². The summed E-state index contributed by atoms with van der Waals surface area (Å²) in [6.07, 6.45) is 4.01. The molecule has 5 aliphatic rings. The van der Waals surface area contributed by atoms with Crippen LogP contribution in [0, 0.1) is 0 Å². The standard InChI is InChI=1S/C21H12O2/c22-15-8-13-6-12-4-3-10-5-9-1-2-11-7-14(15)20-18(11)16(9)17(10)19(12)21(13,20)23/h1-4,8,23H,5-7H2. The topological polar surface area (TPSA) is 37.3 Å². The second-order valence-electron chi connectivity index (χ2n) is 7.40. The van der Waals surface area contributed by atoms with Crippen molar-refractivity contribution >= 4 is 11.4 Å². The predicted molar refractivity (Wildman–Crippen MR) is 86.0 cm³/mol. The lowest BCUT2D eigenvalue weighted by Gasteiger charge is -2.37. The van der Waals surface area contributed by atoms with Crippen LogP contribution in [-0.2, 0) is 29.7 Å². The molecule has 1 atom stereocenters. The summed E-state index contributed by atoms with van der Waals surface area (Å²) >= 11 is 0. The number of rotatable bonds is 0. The zero-order chi connectivity index (χ0) is 15.1. The van der Waals surface area contributed by atoms with Crippen molar-refractivity contribution in [1.29, 1.82) is 0 Å². The quantitative estimate of drug-likeness (QED) is 0.692. The maximum atomic E-state index is 12.6. The zero-order valence-electron chi connectivity index (χ0n) is 12.4. The minimum absolute atomic E-state index is 0.0964. The molecule has 1 N–H and O–H groups in total. The Morgan fingerprint density at radius 1 is 0.826 bits per heavy atom. The van der Waals surface area contributed by atoms with Gasteiger partial charge in [-0.1, -0.05) is 24.3 Å². The molecule has 0 bridgehead atoms. The number of benzene rings is 2. The van der Waals surface area contributed by atoms with E-state index in [-0.39, 0.29) is 5.78 Å². The molecule has 23 heavy (non-hydrogen) atoms. The molecule has 0 amide bonds. The fourth-order valence-electron chi connectivity index (χ4n) is 5.66. The Morgan fingerprint density at radius 2 is 1.52 bits per heavy atom. The van der Waals surface area contributed by atoms with Gasteiger partial charge in [0.1, 0.15) is 5.60 Å². The van der Waals surface area contributed by atoms with Crippen molar-refractivity contribution in [3.05, 3.63) is 74.9 Å². The zero-order valence-corrected chi connectivity index (χ0v) is 12.4. The van der Waals surface area contributed by atoms with Crippen molar-refractivity contribution in [1.82, 2.24) is 0 Å². The van der Waals surface area contributed by atoms with Crippen LogP contribution in [-0.4, -0.2) is 10.9 Å². The minimum Gasteiger partial charge on any atom is -0.376 e. The monoisotopic (exact) mass is 296 g/mol. The Labute approximate surface area is 132 Å². The van der Waals surface area contributed by atoms with Crippen LogP contribution >= 0.6 is 0 Å². The van der Waals surface area contributed by atoms with Gasteiger partial charge in [0.05, 0.1) is 0 Å². The molecule has 0 saturated carbocycles. The highest BCUT2D eigenvalue weighted by molar-refractivity contribution is 6.19. The molecule has 0 aliphatic heterocycles. The van der Waals surface area contributed by atoms with Gasteiger partial charge in [0.25, 0.3) is 0 Å². The van der Waals surface area contributed by atoms with Gasteiger partial charge in [-0.3, -0.25) is 4.79 Å². The molecule has 2 nitrogen and oxygen atoms in total. The maximum Gasteiger partial charge on any atom is 0.182 e. The van der Waals surface area contributed by atoms with Crippen LogP contribution in [0.3, 0.4) is 0 Å². The van der Waals surface area contributed by atoms with E-state index in [2.05, 4.69) is 24.3 Å². The average Bonchev–Trinajstić information content (AvgIpc) is 3.16. The van der Waals surface area contributed by atoms with Crippen LogP contribution < -0.4 is 0 Å². The lowest BCUT2D eigenvalue weighted by molar-refractivity contribution is -0.111. The van der Waals surface area contributed by atoms with E-state index >= 15 is 0 Å². The molecular formula is C21H12O2. The summed E-state index contributed by atoms with van der Waals surface area (Å²) in [5, 5.41) is 11.8. The van der Waals surface area contributed by atoms with E-state index in [0.29, 0.717) is 12.8 Å². The molecule has 0 spiro atoms. The van der Waals surface area contributed by atoms with E-state index in [0.717, 1.165) is 28.7 Å². The molecule has 7 rings (SSSR count). The van der Waals surface area contributed by atoms with Crippen molar-refractivity contribution in [2.75, 3.05) is 0 Å². The summed E-state index contributed by atoms with van der Waals surface area (Å²) in [5.41, 5.74) is 11.4. The van der Waals surface area contributed by atoms with Gasteiger partial charge in [-0.2, -0.15) is 0 Å². The normalized spacial score (nSPS) is 26.3. The Bertz CT molecular complexity index is 1110. The molecule has 2 heteroatoms. The molecule has 0 radical (unpaired) electrons. The largest absolute Gasteiger partial charge is 0.376 e. The molecule has 0 fully saturated rings. The summed E-state index contributed by atoms with van der Waals surface area (Å²) in [4.78, 5) is 12.6. The van der Waals surface area contributed by atoms with Crippen molar-refractivity contribution in [2.24, 2.45) is 0 Å². The Balaban J connectivity index is 1.82. The van der Waals surface area contributed by atoms with E-state index in [1.54, 1.807) is 6.08 Å². The van der Waals surface area contributed by atoms with E-state index < -0.39 is 5.60 Å². The number of hydrogen-bond acceptors (Lipinski definition) is 2. The molecule has 0 aromatic heterocycles. The van der Waals surface area contributed by atoms with Gasteiger partial charge < -0.3 is 5.11 Å². The molecule has 0 heterocycles. The third kappa shape index (κ3) is 0.905. The second-order valence-corrected chi connectivity index (χ2v) is 7.40. The lowest BCUT2D eigenvalue weighted by atomic mass is 9.69. The van der Waals surface area contributed by atoms with Crippen LogP contribution in [0.1, 0.15) is 33.4 Å². The number of allylic oxidation sites excluding steroid dienone is 2. The van der Waals surface area contributed by atoms with Crippen LogP contribution in [0.4, 0.5) is 0 Å². The Morgan fingerprint density at radius 3 is 2.35 bits per heavy atom. The van der Waals surface area contributed by atoms with Gasteiger partial charge in [-0.15, -0.1) is 0 Å². The molecule has 2 aromatic carbocycles. The van der Waals surface area contributed by atoms with Crippen LogP contribution in [0.2, 0.25) is 0 Å². The number of aliphatic hydroxyl groups is 1. The molecule has 1 unspecified atom stereocenters. The van der Waals surface area contributed by atoms with Crippen LogP contribution in [0.25, 0.3) is 16.7 Å². The summed E-state index contributed by atoms with van der Waals surface area (Å²) in [5.74, 6) is 0.0964. The molecule has 2 aromatic rings. The molecular weight excluding hydrogens is 284 g/mol. The first-order valence-corrected chi connectivity index (χ1v) is 8.20. The van der Waals surface area contributed by atoms with Crippen molar-refractivity contribution in [3.63, 3.8) is 0 Å². The molecule has 5 aliphatic carbocycles. The second kappa shape index (κ2) is 2.98. The van der Waals surface area contributed by atoms with Gasteiger partial charge in [-0.05, 0) is 63.4 Å². The smallest absolute Gasteiger partial charge is 0.182 e. The van der Waals surface area contributed by atoms with Gasteiger partial charge in [0, 0.05) is 23.1 Å². The number of ketones is 1. The highest BCUT2D eigenvalue weighted by Gasteiger charge is 2.56. The number of hydrogen-bond donors (Lipinski definition) is 1. The SMILES string of the molecule is O=C1C=C2Cc3ccc4c5c3C2(O)C2=C1Cc1ccc(c-5c12)C4. The fourth-order valence-corrected chi connectivity index (χ4v) is 5.66. The van der Waals surface area contributed by atoms with E-state index in [1.807, 2.05) is 0 Å². The predicted octanol–water partition coefficient (Wildman–Crippen LogP) is 2.83. The number of carbonyl (C=O) groups excluding carboxylic acids is 1. The summed E-state index contributed by atoms with van der Waals surface area (Å²) < 4.78 is 0. The average molecular weight is 296 g/mol. The highest BCUT2D eigenvalue weighted by Crippen LogP contribution is 2.65. The maximum absolute atomic E-state index is 12.6. The minimum atomic E-state index is -1.05. The molecule has 0 saturated heterocycles. The number of carbonyl (C=O) groups is 1. The third-order valence-corrected chi connectivity index (χ3v) is 6.48. The van der Waals surface area contributed by atoms with Gasteiger partial charge in [-0.25, -0.2) is 0 Å². The summed E-state index contributed by atoms with van der Waals surface area (Å²) in [6.45, 7) is 0. The van der Waals surface area contributed by atoms with Gasteiger partial charge in [0.15, 0.2) is 5.78 Å². The van der Waals surface area contributed by atoms with Gasteiger partial charge in [0.2, 0.25) is 0 Å². The lowest BCUT2D eigenvalue weighted by Crippen LogP contribution is -2.34. The summed E-state index contributed by atoms with van der Waals surface area (Å²) in [6, 6.07) is 8.75. The Hall–Kier alpha value is -2.45. The van der Waals surface area contributed by atoms with Crippen LogP contribution in [0.15, 0.2) is 41.5 Å². The molecule has 108 valence electrons.